The summed E-state index contributed by atoms with van der Waals surface area (Å²) in [4.78, 5) is 0.938. The van der Waals surface area contributed by atoms with Crippen molar-refractivity contribution in [1.82, 2.24) is 10.2 Å². The summed E-state index contributed by atoms with van der Waals surface area (Å²) < 4.78 is 11.1. The molecule has 2 aromatic rings. The Morgan fingerprint density at radius 2 is 1.90 bits per heavy atom. The average Bonchev–Trinajstić information content (AvgIpc) is 2.51. The minimum absolute atomic E-state index is 0.550. The van der Waals surface area contributed by atoms with Gasteiger partial charge in [-0.2, -0.15) is 10.4 Å². The molecule has 5 nitrogen and oxygen atoms in total. The topological polar surface area (TPSA) is 68.0 Å². The molecule has 0 fully saturated rings. The lowest BCUT2D eigenvalue weighted by Crippen LogP contribution is -2.15. The second-order valence-corrected chi connectivity index (χ2v) is 5.67. The van der Waals surface area contributed by atoms with Gasteiger partial charge in [0.2, 0.25) is 0 Å². The van der Waals surface area contributed by atoms with Crippen LogP contribution < -0.4 is 9.47 Å². The van der Waals surface area contributed by atoms with Crippen molar-refractivity contribution in [2.24, 2.45) is 0 Å². The lowest BCUT2D eigenvalue weighted by molar-refractivity contribution is 0.171. The van der Waals surface area contributed by atoms with E-state index in [9.17, 15) is 5.26 Å². The Morgan fingerprint density at radius 1 is 1.14 bits per heavy atom. The number of aromatic nitrogens is 2. The molecule has 0 bridgehead atoms. The van der Waals surface area contributed by atoms with E-state index in [1.54, 1.807) is 0 Å². The summed E-state index contributed by atoms with van der Waals surface area (Å²) in [6.45, 7) is 4.85. The fourth-order valence-electron chi connectivity index (χ4n) is 1.99. The van der Waals surface area contributed by atoms with Gasteiger partial charge in [0.05, 0.1) is 11.3 Å². The first-order valence-electron chi connectivity index (χ1n) is 6.50. The van der Waals surface area contributed by atoms with Crippen LogP contribution in [0.4, 0.5) is 0 Å². The van der Waals surface area contributed by atoms with Crippen molar-refractivity contribution in [2.45, 2.75) is 23.8 Å². The van der Waals surface area contributed by atoms with E-state index in [1.807, 2.05) is 32.0 Å². The number of benzene rings is 1. The average molecular weight is 299 g/mol. The summed E-state index contributed by atoms with van der Waals surface area (Å²) in [5.41, 5.74) is 2.22. The summed E-state index contributed by atoms with van der Waals surface area (Å²) in [6.07, 6.45) is 0. The van der Waals surface area contributed by atoms with Gasteiger partial charge in [-0.1, -0.05) is 11.8 Å². The molecule has 1 aliphatic heterocycles. The summed E-state index contributed by atoms with van der Waals surface area (Å²) in [5.74, 6) is 1.47. The number of ether oxygens (including phenoxy) is 2. The van der Waals surface area contributed by atoms with E-state index in [2.05, 4.69) is 16.3 Å². The van der Waals surface area contributed by atoms with Crippen LogP contribution in [-0.4, -0.2) is 23.4 Å². The first-order chi connectivity index (χ1) is 10.2. The second kappa shape index (κ2) is 5.62. The van der Waals surface area contributed by atoms with Crippen LogP contribution in [0.25, 0.3) is 0 Å². The molecule has 1 aliphatic rings. The zero-order valence-electron chi connectivity index (χ0n) is 11.7. The third kappa shape index (κ3) is 2.65. The van der Waals surface area contributed by atoms with E-state index in [-0.39, 0.29) is 0 Å². The van der Waals surface area contributed by atoms with E-state index in [4.69, 9.17) is 9.47 Å². The molecule has 3 rings (SSSR count). The molecule has 0 atom stereocenters. The first-order valence-corrected chi connectivity index (χ1v) is 7.32. The number of hydrogen-bond acceptors (Lipinski definition) is 6. The number of rotatable bonds is 2. The van der Waals surface area contributed by atoms with E-state index in [0.29, 0.717) is 23.8 Å². The van der Waals surface area contributed by atoms with Crippen molar-refractivity contribution in [1.29, 1.82) is 5.26 Å². The summed E-state index contributed by atoms with van der Waals surface area (Å²) in [6, 6.07) is 7.91. The van der Waals surface area contributed by atoms with Gasteiger partial charge in [0, 0.05) is 4.90 Å². The molecule has 0 saturated heterocycles. The van der Waals surface area contributed by atoms with Crippen LogP contribution >= 0.6 is 11.8 Å². The van der Waals surface area contributed by atoms with Crippen LogP contribution in [0, 0.1) is 25.2 Å². The van der Waals surface area contributed by atoms with E-state index in [0.717, 1.165) is 27.7 Å². The Labute approximate surface area is 126 Å². The monoisotopic (exact) mass is 299 g/mol. The van der Waals surface area contributed by atoms with Gasteiger partial charge in [0.15, 0.2) is 11.5 Å². The molecule has 0 amide bonds. The van der Waals surface area contributed by atoms with Crippen molar-refractivity contribution in [3.63, 3.8) is 0 Å². The highest BCUT2D eigenvalue weighted by Gasteiger charge is 2.15. The molecule has 106 valence electrons. The molecule has 0 saturated carbocycles. The molecule has 0 radical (unpaired) electrons. The number of nitrogens with zero attached hydrogens (tertiary/aromatic N) is 3. The summed E-state index contributed by atoms with van der Waals surface area (Å²) in [5, 5.41) is 18.2. The van der Waals surface area contributed by atoms with Crippen LogP contribution in [0.3, 0.4) is 0 Å². The van der Waals surface area contributed by atoms with Gasteiger partial charge in [-0.25, -0.2) is 0 Å². The SMILES string of the molecule is Cc1nnc(Sc2ccc3c(c2)OCCO3)c(C#N)c1C. The Kier molecular flexibility index (Phi) is 3.67. The van der Waals surface area contributed by atoms with Crippen LogP contribution in [0.1, 0.15) is 16.8 Å². The van der Waals surface area contributed by atoms with Gasteiger partial charge in [-0.05, 0) is 37.6 Å². The highest BCUT2D eigenvalue weighted by Crippen LogP contribution is 2.37. The first kappa shape index (κ1) is 13.7. The number of aryl methyl sites for hydroxylation is 1. The van der Waals surface area contributed by atoms with Crippen LogP contribution in [0.15, 0.2) is 28.1 Å². The third-order valence-electron chi connectivity index (χ3n) is 3.26. The molecule has 0 spiro atoms. The lowest BCUT2D eigenvalue weighted by Gasteiger charge is -2.18. The summed E-state index contributed by atoms with van der Waals surface area (Å²) in [7, 11) is 0. The zero-order valence-corrected chi connectivity index (χ0v) is 12.5. The maximum absolute atomic E-state index is 9.32. The largest absolute Gasteiger partial charge is 0.486 e. The second-order valence-electron chi connectivity index (χ2n) is 4.61. The Balaban J connectivity index is 1.94. The molecule has 1 aromatic heterocycles. The summed E-state index contributed by atoms with van der Waals surface area (Å²) >= 11 is 1.40. The fourth-order valence-corrected chi connectivity index (χ4v) is 2.90. The predicted molar refractivity (Wildman–Crippen MR) is 77.8 cm³/mol. The molecule has 0 aliphatic carbocycles. The van der Waals surface area contributed by atoms with Gasteiger partial charge >= 0.3 is 0 Å². The van der Waals surface area contributed by atoms with Gasteiger partial charge in [-0.3, -0.25) is 0 Å². The van der Waals surface area contributed by atoms with Crippen LogP contribution in [-0.2, 0) is 0 Å². The minimum Gasteiger partial charge on any atom is -0.486 e. The van der Waals surface area contributed by atoms with Gasteiger partial charge in [-0.15, -0.1) is 5.10 Å². The standard InChI is InChI=1S/C15H13N3O2S/c1-9-10(2)17-18-15(12(9)8-16)21-11-3-4-13-14(7-11)20-6-5-19-13/h3-4,7H,5-6H2,1-2H3. The normalized spacial score (nSPS) is 12.8. The molecular weight excluding hydrogens is 286 g/mol. The Bertz CT molecular complexity index is 740. The van der Waals surface area contributed by atoms with E-state index >= 15 is 0 Å². The third-order valence-corrected chi connectivity index (χ3v) is 4.23. The molecule has 6 heteroatoms. The van der Waals surface area contributed by atoms with Crippen LogP contribution in [0.5, 0.6) is 11.5 Å². The van der Waals surface area contributed by atoms with Gasteiger partial charge in [0.25, 0.3) is 0 Å². The molecule has 0 unspecified atom stereocenters. The molecule has 1 aromatic carbocycles. The maximum Gasteiger partial charge on any atom is 0.162 e. The number of hydrogen-bond donors (Lipinski definition) is 0. The van der Waals surface area contributed by atoms with E-state index < -0.39 is 0 Å². The van der Waals surface area contributed by atoms with Crippen molar-refractivity contribution in [2.75, 3.05) is 13.2 Å². The maximum atomic E-state index is 9.32. The molecule has 2 heterocycles. The highest BCUT2D eigenvalue weighted by atomic mass is 32.2. The number of nitriles is 1. The van der Waals surface area contributed by atoms with Gasteiger partial charge < -0.3 is 9.47 Å². The quantitative estimate of drug-likeness (QED) is 0.849. The molecule has 21 heavy (non-hydrogen) atoms. The molecular formula is C15H13N3O2S. The minimum atomic E-state index is 0.550. The Morgan fingerprint density at radius 3 is 2.67 bits per heavy atom. The number of fused-ring (bicyclic) bond motifs is 1. The van der Waals surface area contributed by atoms with E-state index in [1.165, 1.54) is 11.8 Å². The molecule has 0 N–H and O–H groups in total. The Hall–Kier alpha value is -2.26. The lowest BCUT2D eigenvalue weighted by atomic mass is 10.1. The zero-order chi connectivity index (χ0) is 14.8. The van der Waals surface area contributed by atoms with Crippen molar-refractivity contribution in [3.8, 4) is 17.6 Å². The van der Waals surface area contributed by atoms with Crippen molar-refractivity contribution < 1.29 is 9.47 Å². The van der Waals surface area contributed by atoms with Gasteiger partial charge in [0.1, 0.15) is 24.3 Å². The van der Waals surface area contributed by atoms with Crippen LogP contribution in [0.2, 0.25) is 0 Å². The van der Waals surface area contributed by atoms with Crippen molar-refractivity contribution >= 4 is 11.8 Å². The predicted octanol–water partition coefficient (Wildman–Crippen LogP) is 2.89. The highest BCUT2D eigenvalue weighted by molar-refractivity contribution is 7.99. The van der Waals surface area contributed by atoms with Crippen molar-refractivity contribution in [3.05, 3.63) is 35.0 Å². The smallest absolute Gasteiger partial charge is 0.162 e. The fraction of sp³-hybridized carbons (Fsp3) is 0.267.